The Morgan fingerprint density at radius 3 is 2.42 bits per heavy atom. The summed E-state index contributed by atoms with van der Waals surface area (Å²) in [4.78, 5) is 43.4. The predicted molar refractivity (Wildman–Crippen MR) is 137 cm³/mol. The summed E-state index contributed by atoms with van der Waals surface area (Å²) in [5.41, 5.74) is 2.89. The molecule has 0 aromatic heterocycles. The van der Waals surface area contributed by atoms with Gasteiger partial charge in [0.05, 0.1) is 13.1 Å². The first-order chi connectivity index (χ1) is 17.3. The summed E-state index contributed by atoms with van der Waals surface area (Å²) in [6, 6.07) is 12.9. The van der Waals surface area contributed by atoms with Gasteiger partial charge in [-0.1, -0.05) is 42.0 Å². The van der Waals surface area contributed by atoms with Crippen molar-refractivity contribution in [3.05, 3.63) is 71.0 Å². The summed E-state index contributed by atoms with van der Waals surface area (Å²) in [6.45, 7) is 2.84. The molecule has 1 N–H and O–H groups in total. The predicted octanol–water partition coefficient (Wildman–Crippen LogP) is 2.82. The highest BCUT2D eigenvalue weighted by molar-refractivity contribution is 7.98. The summed E-state index contributed by atoms with van der Waals surface area (Å²) in [5, 5.41) is 6.02. The summed E-state index contributed by atoms with van der Waals surface area (Å²) in [7, 11) is 1.70. The smallest absolute Gasteiger partial charge is 0.333 e. The third-order valence-electron chi connectivity index (χ3n) is 6.59. The fourth-order valence-electron chi connectivity index (χ4n) is 4.73. The molecule has 4 rings (SSSR count). The Bertz CT molecular complexity index is 1100. The number of nitrogens with one attached hydrogen (secondary N) is 1. The van der Waals surface area contributed by atoms with E-state index in [-0.39, 0.29) is 43.3 Å². The number of hydrogen-bond acceptors (Lipinski definition) is 5. The van der Waals surface area contributed by atoms with Crippen LogP contribution in [0.25, 0.3) is 0 Å². The van der Waals surface area contributed by atoms with Gasteiger partial charge in [0.15, 0.2) is 0 Å². The molecule has 2 fully saturated rings. The Hall–Kier alpha value is -3.11. The van der Waals surface area contributed by atoms with Crippen LogP contribution in [0.3, 0.4) is 0 Å². The third-order valence-corrected chi connectivity index (χ3v) is 7.24. The maximum atomic E-state index is 13.6. The van der Waals surface area contributed by atoms with Gasteiger partial charge < -0.3 is 15.1 Å². The van der Waals surface area contributed by atoms with E-state index in [2.05, 4.69) is 5.32 Å². The van der Waals surface area contributed by atoms with Gasteiger partial charge in [0.25, 0.3) is 0 Å². The normalized spacial score (nSPS) is 20.5. The van der Waals surface area contributed by atoms with Gasteiger partial charge in [-0.2, -0.15) is 11.8 Å². The van der Waals surface area contributed by atoms with Gasteiger partial charge in [0, 0.05) is 20.1 Å². The number of carbonyl (C=O) groups is 3. The Morgan fingerprint density at radius 1 is 1.08 bits per heavy atom. The molecule has 0 bridgehead atoms. The molecule has 36 heavy (non-hydrogen) atoms. The summed E-state index contributed by atoms with van der Waals surface area (Å²) in [5.74, 6) is 0.120. The second kappa shape index (κ2) is 11.3. The number of hydrogen-bond donors (Lipinski definition) is 1. The zero-order chi connectivity index (χ0) is 25.8. The van der Waals surface area contributed by atoms with E-state index in [1.165, 1.54) is 17.1 Å². The molecule has 0 saturated carbocycles. The van der Waals surface area contributed by atoms with E-state index in [4.69, 9.17) is 0 Å². The van der Waals surface area contributed by atoms with Crippen molar-refractivity contribution in [1.82, 2.24) is 25.1 Å². The fraction of sp³-hybridized carbons (Fsp3) is 0.423. The average molecular weight is 514 g/mol. The summed E-state index contributed by atoms with van der Waals surface area (Å²) >= 11 is 1.62. The van der Waals surface area contributed by atoms with Crippen LogP contribution in [0.1, 0.15) is 23.1 Å². The largest absolute Gasteiger partial charge is 0.334 e. The van der Waals surface area contributed by atoms with Crippen molar-refractivity contribution in [2.75, 3.05) is 32.1 Å². The maximum Gasteiger partial charge on any atom is 0.334 e. The van der Waals surface area contributed by atoms with Crippen LogP contribution in [0.5, 0.6) is 0 Å². The highest BCUT2D eigenvalue weighted by atomic mass is 32.2. The van der Waals surface area contributed by atoms with E-state index in [9.17, 15) is 18.8 Å². The number of aryl methyl sites for hydroxylation is 1. The van der Waals surface area contributed by atoms with Crippen molar-refractivity contribution in [3.8, 4) is 0 Å². The van der Waals surface area contributed by atoms with Crippen LogP contribution in [-0.4, -0.2) is 82.0 Å². The topological polar surface area (TPSA) is 76.2 Å². The van der Waals surface area contributed by atoms with Gasteiger partial charge in [0.1, 0.15) is 18.0 Å². The van der Waals surface area contributed by atoms with Crippen molar-refractivity contribution in [3.63, 3.8) is 0 Å². The van der Waals surface area contributed by atoms with Gasteiger partial charge >= 0.3 is 6.03 Å². The minimum Gasteiger partial charge on any atom is -0.333 e. The van der Waals surface area contributed by atoms with Gasteiger partial charge in [0.2, 0.25) is 11.8 Å². The molecule has 0 radical (unpaired) electrons. The molecule has 0 spiro atoms. The van der Waals surface area contributed by atoms with Crippen LogP contribution in [0.2, 0.25) is 0 Å². The lowest BCUT2D eigenvalue weighted by molar-refractivity contribution is -0.187. The molecule has 2 aliphatic heterocycles. The van der Waals surface area contributed by atoms with Crippen molar-refractivity contribution in [2.24, 2.45) is 0 Å². The lowest BCUT2D eigenvalue weighted by atomic mass is 10.0. The van der Waals surface area contributed by atoms with Gasteiger partial charge in [-0.3, -0.25) is 9.59 Å². The first-order valence-electron chi connectivity index (χ1n) is 12.0. The molecule has 2 heterocycles. The number of fused-ring (bicyclic) bond motifs is 1. The van der Waals surface area contributed by atoms with Crippen LogP contribution in [-0.2, 0) is 22.7 Å². The Balaban J connectivity index is 1.58. The van der Waals surface area contributed by atoms with E-state index in [1.54, 1.807) is 45.8 Å². The first kappa shape index (κ1) is 26.0. The number of likely N-dealkylation sites (N-methyl/N-ethyl adjacent to an activating group) is 1. The molecule has 192 valence electrons. The number of nitrogens with zero attached hydrogens (tertiary/aromatic N) is 4. The van der Waals surface area contributed by atoms with Crippen LogP contribution in [0.15, 0.2) is 48.5 Å². The van der Waals surface area contributed by atoms with E-state index >= 15 is 0 Å². The van der Waals surface area contributed by atoms with Crippen LogP contribution < -0.4 is 5.32 Å². The number of rotatable bonds is 7. The number of amides is 4. The number of benzene rings is 2. The standard InChI is InChI=1S/C26H32FN5O3S/c1-18-4-6-20(7-5-18)15-30-16-23-31(22(25(30)34)12-13-36-3)24(33)17-29(2)32(23)26(35)28-14-19-8-10-21(27)11-9-19/h4-11,22-23H,12-17H2,1-3H3,(H,28,35)/t22-,23?/m0/s1. The number of hydrazine groups is 1. The van der Waals surface area contributed by atoms with E-state index in [1.807, 2.05) is 37.4 Å². The molecule has 10 heteroatoms. The zero-order valence-electron chi connectivity index (χ0n) is 20.8. The molecule has 0 aliphatic carbocycles. The lowest BCUT2D eigenvalue weighted by Crippen LogP contribution is -2.75. The summed E-state index contributed by atoms with van der Waals surface area (Å²) in [6.07, 6.45) is 1.86. The van der Waals surface area contributed by atoms with Crippen LogP contribution >= 0.6 is 11.8 Å². The van der Waals surface area contributed by atoms with E-state index in [0.717, 1.165) is 22.4 Å². The molecule has 2 aromatic carbocycles. The second-order valence-corrected chi connectivity index (χ2v) is 10.2. The number of carbonyl (C=O) groups excluding carboxylic acids is 3. The van der Waals surface area contributed by atoms with Crippen molar-refractivity contribution in [1.29, 1.82) is 0 Å². The summed E-state index contributed by atoms with van der Waals surface area (Å²) < 4.78 is 13.2. The average Bonchev–Trinajstić information content (AvgIpc) is 2.85. The van der Waals surface area contributed by atoms with Crippen LogP contribution in [0.4, 0.5) is 9.18 Å². The quantitative estimate of drug-likeness (QED) is 0.616. The van der Waals surface area contributed by atoms with Crippen molar-refractivity contribution < 1.29 is 18.8 Å². The third kappa shape index (κ3) is 5.65. The van der Waals surface area contributed by atoms with Crippen molar-refractivity contribution in [2.45, 2.75) is 38.6 Å². The minimum atomic E-state index is -0.629. The molecule has 2 aromatic rings. The first-order valence-corrected chi connectivity index (χ1v) is 13.3. The van der Waals surface area contributed by atoms with Gasteiger partial charge in [-0.25, -0.2) is 19.2 Å². The van der Waals surface area contributed by atoms with Gasteiger partial charge in [-0.15, -0.1) is 0 Å². The number of urea groups is 1. The Kier molecular flexibility index (Phi) is 8.15. The van der Waals surface area contributed by atoms with Gasteiger partial charge in [-0.05, 0) is 48.6 Å². The molecule has 2 saturated heterocycles. The second-order valence-electron chi connectivity index (χ2n) is 9.23. The Labute approximate surface area is 215 Å². The number of piperazine rings is 1. The molecular formula is C26H32FN5O3S. The highest BCUT2D eigenvalue weighted by Crippen LogP contribution is 2.29. The fourth-order valence-corrected chi connectivity index (χ4v) is 5.19. The molecule has 8 nitrogen and oxygen atoms in total. The monoisotopic (exact) mass is 513 g/mol. The molecular weight excluding hydrogens is 481 g/mol. The lowest BCUT2D eigenvalue weighted by Gasteiger charge is -2.54. The Morgan fingerprint density at radius 2 is 1.75 bits per heavy atom. The van der Waals surface area contributed by atoms with E-state index < -0.39 is 12.2 Å². The molecule has 2 aliphatic rings. The number of halogens is 1. The zero-order valence-corrected chi connectivity index (χ0v) is 21.6. The highest BCUT2D eigenvalue weighted by Gasteiger charge is 2.50. The SMILES string of the molecule is CSCC[C@H]1C(=O)N(Cc2ccc(C)cc2)CC2N1C(=O)CN(C)N2C(=O)NCc1ccc(F)cc1. The van der Waals surface area contributed by atoms with Crippen molar-refractivity contribution >= 4 is 29.6 Å². The van der Waals surface area contributed by atoms with E-state index in [0.29, 0.717) is 13.0 Å². The minimum absolute atomic E-state index is 0.00147. The maximum absolute atomic E-state index is 13.6. The molecule has 4 amide bonds. The van der Waals surface area contributed by atoms with Crippen LogP contribution in [0, 0.1) is 12.7 Å². The molecule has 1 unspecified atom stereocenters. The number of thioether (sulfide) groups is 1. The molecule has 2 atom stereocenters.